The van der Waals surface area contributed by atoms with Crippen LogP contribution < -0.4 is 5.73 Å². The summed E-state index contributed by atoms with van der Waals surface area (Å²) in [6.07, 6.45) is 4.00. The predicted octanol–water partition coefficient (Wildman–Crippen LogP) is 2.16. The minimum Gasteiger partial charge on any atom is -0.325 e. The molecule has 0 saturated carbocycles. The van der Waals surface area contributed by atoms with Crippen LogP contribution in [0.3, 0.4) is 0 Å². The van der Waals surface area contributed by atoms with Gasteiger partial charge in [-0.1, -0.05) is 13.0 Å². The zero-order valence-electron chi connectivity index (χ0n) is 10.7. The molecular weight excluding hydrogens is 210 g/mol. The van der Waals surface area contributed by atoms with Crippen molar-refractivity contribution in [1.82, 2.24) is 9.88 Å². The maximum Gasteiger partial charge on any atom is 0.0547 e. The van der Waals surface area contributed by atoms with Crippen molar-refractivity contribution in [3.8, 4) is 0 Å². The van der Waals surface area contributed by atoms with Crippen molar-refractivity contribution < 1.29 is 0 Å². The molecule has 0 radical (unpaired) electrons. The number of nitrogens with two attached hydrogens (primary N) is 1. The van der Waals surface area contributed by atoms with Crippen molar-refractivity contribution in [2.45, 2.75) is 39.3 Å². The molecule has 1 aromatic heterocycles. The molecule has 2 heterocycles. The zero-order chi connectivity index (χ0) is 12.1. The van der Waals surface area contributed by atoms with Gasteiger partial charge in [0.25, 0.3) is 0 Å². The first-order valence-electron chi connectivity index (χ1n) is 6.65. The van der Waals surface area contributed by atoms with E-state index in [0.29, 0.717) is 6.54 Å². The van der Waals surface area contributed by atoms with Crippen molar-refractivity contribution >= 4 is 0 Å². The van der Waals surface area contributed by atoms with Crippen LogP contribution in [0.2, 0.25) is 0 Å². The van der Waals surface area contributed by atoms with Gasteiger partial charge in [0.2, 0.25) is 0 Å². The van der Waals surface area contributed by atoms with E-state index in [1.165, 1.54) is 32.4 Å². The van der Waals surface area contributed by atoms with E-state index in [0.717, 1.165) is 23.9 Å². The lowest BCUT2D eigenvalue weighted by Gasteiger charge is -2.19. The average molecular weight is 233 g/mol. The second-order valence-corrected chi connectivity index (χ2v) is 5.14. The summed E-state index contributed by atoms with van der Waals surface area (Å²) in [5.41, 5.74) is 7.77. The molecule has 94 valence electrons. The van der Waals surface area contributed by atoms with Gasteiger partial charge in [0.15, 0.2) is 0 Å². The standard InChI is InChI=1S/C14H23N3/c1-12-4-3-8-17(9-7-12)11-14-6-2-5-13(10-15)16-14/h2,5-6,12H,3-4,7-11,15H2,1H3. The van der Waals surface area contributed by atoms with Gasteiger partial charge in [0.05, 0.1) is 11.4 Å². The summed E-state index contributed by atoms with van der Waals surface area (Å²) in [7, 11) is 0. The van der Waals surface area contributed by atoms with Gasteiger partial charge in [0, 0.05) is 13.1 Å². The van der Waals surface area contributed by atoms with Gasteiger partial charge in [-0.05, 0) is 50.4 Å². The lowest BCUT2D eigenvalue weighted by atomic mass is 10.0. The van der Waals surface area contributed by atoms with Gasteiger partial charge in [-0.2, -0.15) is 0 Å². The van der Waals surface area contributed by atoms with Crippen LogP contribution >= 0.6 is 0 Å². The molecule has 0 aliphatic carbocycles. The van der Waals surface area contributed by atoms with Gasteiger partial charge in [-0.15, -0.1) is 0 Å². The van der Waals surface area contributed by atoms with Crippen LogP contribution in [0.25, 0.3) is 0 Å². The lowest BCUT2D eigenvalue weighted by Crippen LogP contribution is -2.25. The number of hydrogen-bond donors (Lipinski definition) is 1. The third-order valence-electron chi connectivity index (χ3n) is 3.57. The maximum atomic E-state index is 5.62. The first-order chi connectivity index (χ1) is 8.28. The smallest absolute Gasteiger partial charge is 0.0547 e. The Balaban J connectivity index is 1.94. The number of likely N-dealkylation sites (tertiary alicyclic amines) is 1. The minimum absolute atomic E-state index is 0.533. The molecule has 3 nitrogen and oxygen atoms in total. The topological polar surface area (TPSA) is 42.1 Å². The molecule has 0 spiro atoms. The van der Waals surface area contributed by atoms with E-state index in [4.69, 9.17) is 5.73 Å². The number of nitrogens with zero attached hydrogens (tertiary/aromatic N) is 2. The Kier molecular flexibility index (Phi) is 4.51. The molecule has 0 aromatic carbocycles. The molecule has 1 aromatic rings. The third-order valence-corrected chi connectivity index (χ3v) is 3.57. The van der Waals surface area contributed by atoms with E-state index >= 15 is 0 Å². The Bertz CT molecular complexity index is 351. The van der Waals surface area contributed by atoms with E-state index in [2.05, 4.69) is 28.9 Å². The average Bonchev–Trinajstić information content (AvgIpc) is 2.55. The van der Waals surface area contributed by atoms with Crippen LogP contribution in [-0.4, -0.2) is 23.0 Å². The molecule has 1 unspecified atom stereocenters. The highest BCUT2D eigenvalue weighted by molar-refractivity contribution is 5.11. The van der Waals surface area contributed by atoms with Gasteiger partial charge in [0.1, 0.15) is 0 Å². The summed E-state index contributed by atoms with van der Waals surface area (Å²) in [5.74, 6) is 0.878. The van der Waals surface area contributed by atoms with Crippen molar-refractivity contribution in [2.24, 2.45) is 11.7 Å². The van der Waals surface area contributed by atoms with Crippen LogP contribution in [0.4, 0.5) is 0 Å². The van der Waals surface area contributed by atoms with Crippen molar-refractivity contribution in [2.75, 3.05) is 13.1 Å². The first-order valence-corrected chi connectivity index (χ1v) is 6.65. The molecule has 0 amide bonds. The van der Waals surface area contributed by atoms with Crippen LogP contribution in [0.5, 0.6) is 0 Å². The Labute approximate surface area is 104 Å². The highest BCUT2D eigenvalue weighted by Gasteiger charge is 2.14. The highest BCUT2D eigenvalue weighted by atomic mass is 15.1. The van der Waals surface area contributed by atoms with Crippen molar-refractivity contribution in [3.05, 3.63) is 29.6 Å². The molecule has 1 atom stereocenters. The minimum atomic E-state index is 0.533. The molecule has 2 rings (SSSR count). The second kappa shape index (κ2) is 6.12. The zero-order valence-corrected chi connectivity index (χ0v) is 10.7. The number of hydrogen-bond acceptors (Lipinski definition) is 3. The van der Waals surface area contributed by atoms with Crippen LogP contribution in [0.15, 0.2) is 18.2 Å². The molecule has 2 N–H and O–H groups in total. The fraction of sp³-hybridized carbons (Fsp3) is 0.643. The SMILES string of the molecule is CC1CCCN(Cc2cccc(CN)n2)CC1. The predicted molar refractivity (Wildman–Crippen MR) is 70.4 cm³/mol. The Morgan fingerprint density at radius 1 is 1.29 bits per heavy atom. The Hall–Kier alpha value is -0.930. The van der Waals surface area contributed by atoms with Crippen molar-refractivity contribution in [3.63, 3.8) is 0 Å². The summed E-state index contributed by atoms with van der Waals surface area (Å²) in [6, 6.07) is 6.16. The molecule has 1 aliphatic rings. The summed E-state index contributed by atoms with van der Waals surface area (Å²) in [4.78, 5) is 7.09. The fourth-order valence-electron chi connectivity index (χ4n) is 2.44. The maximum absolute atomic E-state index is 5.62. The van der Waals surface area contributed by atoms with E-state index in [1.807, 2.05) is 6.07 Å². The van der Waals surface area contributed by atoms with Gasteiger partial charge >= 0.3 is 0 Å². The summed E-state index contributed by atoms with van der Waals surface area (Å²) in [6.45, 7) is 6.27. The second-order valence-electron chi connectivity index (χ2n) is 5.14. The molecule has 1 fully saturated rings. The quantitative estimate of drug-likeness (QED) is 0.870. The highest BCUT2D eigenvalue weighted by Crippen LogP contribution is 2.17. The van der Waals surface area contributed by atoms with Crippen LogP contribution in [0.1, 0.15) is 37.6 Å². The number of aromatic nitrogens is 1. The first kappa shape index (κ1) is 12.5. The summed E-state index contributed by atoms with van der Waals surface area (Å²) < 4.78 is 0. The number of rotatable bonds is 3. The van der Waals surface area contributed by atoms with E-state index in [1.54, 1.807) is 0 Å². The van der Waals surface area contributed by atoms with Crippen LogP contribution in [-0.2, 0) is 13.1 Å². The largest absolute Gasteiger partial charge is 0.325 e. The normalized spacial score (nSPS) is 22.4. The van der Waals surface area contributed by atoms with Crippen LogP contribution in [0, 0.1) is 5.92 Å². The van der Waals surface area contributed by atoms with E-state index < -0.39 is 0 Å². The van der Waals surface area contributed by atoms with Gasteiger partial charge in [-0.3, -0.25) is 9.88 Å². The molecule has 1 saturated heterocycles. The fourth-order valence-corrected chi connectivity index (χ4v) is 2.44. The monoisotopic (exact) mass is 233 g/mol. The lowest BCUT2D eigenvalue weighted by molar-refractivity contribution is 0.270. The molecule has 17 heavy (non-hydrogen) atoms. The van der Waals surface area contributed by atoms with E-state index in [9.17, 15) is 0 Å². The van der Waals surface area contributed by atoms with E-state index in [-0.39, 0.29) is 0 Å². The Morgan fingerprint density at radius 3 is 2.94 bits per heavy atom. The van der Waals surface area contributed by atoms with Gasteiger partial charge in [-0.25, -0.2) is 0 Å². The Morgan fingerprint density at radius 2 is 2.12 bits per heavy atom. The molecule has 0 bridgehead atoms. The van der Waals surface area contributed by atoms with Gasteiger partial charge < -0.3 is 5.73 Å². The molecule has 3 heteroatoms. The molecule has 1 aliphatic heterocycles. The molecular formula is C14H23N3. The third kappa shape index (κ3) is 3.79. The summed E-state index contributed by atoms with van der Waals surface area (Å²) >= 11 is 0. The number of pyridine rings is 1. The van der Waals surface area contributed by atoms with Crippen molar-refractivity contribution in [1.29, 1.82) is 0 Å². The summed E-state index contributed by atoms with van der Waals surface area (Å²) in [5, 5.41) is 0.